The van der Waals surface area contributed by atoms with Crippen LogP contribution in [0.3, 0.4) is 0 Å². The average Bonchev–Trinajstić information content (AvgIpc) is 2.86. The van der Waals surface area contributed by atoms with E-state index in [2.05, 4.69) is 23.5 Å². The number of rotatable bonds is 3. The van der Waals surface area contributed by atoms with Gasteiger partial charge in [-0.25, -0.2) is 0 Å². The quantitative estimate of drug-likeness (QED) is 0.836. The van der Waals surface area contributed by atoms with Gasteiger partial charge in [-0.05, 0) is 54.7 Å². The van der Waals surface area contributed by atoms with Crippen LogP contribution in [-0.2, 0) is 12.8 Å². The first-order valence-electron chi connectivity index (χ1n) is 6.52. The van der Waals surface area contributed by atoms with Crippen LogP contribution in [0.25, 0.3) is 0 Å². The van der Waals surface area contributed by atoms with E-state index in [0.29, 0.717) is 4.99 Å². The van der Waals surface area contributed by atoms with Crippen LogP contribution in [0.15, 0.2) is 42.5 Å². The molecule has 0 radical (unpaired) electrons. The Morgan fingerprint density at radius 2 is 1.84 bits per heavy atom. The summed E-state index contributed by atoms with van der Waals surface area (Å²) in [5.74, 6) is 0. The normalized spacial score (nSPS) is 13.1. The van der Waals surface area contributed by atoms with Crippen LogP contribution in [0.5, 0.6) is 0 Å². The first kappa shape index (κ1) is 12.2. The molecule has 0 fully saturated rings. The second-order valence-corrected chi connectivity index (χ2v) is 5.31. The molecule has 3 N–H and O–H groups in total. The van der Waals surface area contributed by atoms with E-state index < -0.39 is 0 Å². The lowest BCUT2D eigenvalue weighted by molar-refractivity contribution is 0.912. The fraction of sp³-hybridized carbons (Fsp3) is 0.188. The van der Waals surface area contributed by atoms with E-state index in [-0.39, 0.29) is 0 Å². The summed E-state index contributed by atoms with van der Waals surface area (Å²) in [5.41, 5.74) is 11.6. The fourth-order valence-electron chi connectivity index (χ4n) is 2.61. The Labute approximate surface area is 118 Å². The van der Waals surface area contributed by atoms with Crippen LogP contribution in [0.1, 0.15) is 23.1 Å². The number of fused-ring (bicyclic) bond motifs is 1. The lowest BCUT2D eigenvalue weighted by atomic mass is 10.1. The van der Waals surface area contributed by atoms with Crippen LogP contribution in [0, 0.1) is 0 Å². The van der Waals surface area contributed by atoms with E-state index in [9.17, 15) is 0 Å². The molecule has 3 rings (SSSR count). The molecule has 96 valence electrons. The summed E-state index contributed by atoms with van der Waals surface area (Å²) in [7, 11) is 0. The summed E-state index contributed by atoms with van der Waals surface area (Å²) in [4.78, 5) is 0.421. The zero-order chi connectivity index (χ0) is 13.2. The predicted octanol–water partition coefficient (Wildman–Crippen LogP) is 3.55. The first-order chi connectivity index (χ1) is 9.24. The number of nitrogens with two attached hydrogens (primary N) is 1. The van der Waals surface area contributed by atoms with E-state index >= 15 is 0 Å². The van der Waals surface area contributed by atoms with E-state index in [0.717, 1.165) is 16.9 Å². The number of nitrogens with one attached hydrogen (secondary N) is 1. The van der Waals surface area contributed by atoms with Gasteiger partial charge in [0.25, 0.3) is 0 Å². The average molecular weight is 268 g/mol. The van der Waals surface area contributed by atoms with Crippen molar-refractivity contribution in [1.29, 1.82) is 0 Å². The number of hydrogen-bond donors (Lipinski definition) is 2. The highest BCUT2D eigenvalue weighted by molar-refractivity contribution is 7.80. The van der Waals surface area contributed by atoms with Crippen LogP contribution in [0.4, 0.5) is 11.4 Å². The molecule has 0 saturated heterocycles. The maximum absolute atomic E-state index is 5.75. The molecule has 0 bridgehead atoms. The number of thiocarbonyl (C=S) groups is 1. The Balaban J connectivity index is 1.91. The summed E-state index contributed by atoms with van der Waals surface area (Å²) in [5, 5.41) is 3.42. The number of hydrogen-bond acceptors (Lipinski definition) is 2. The zero-order valence-corrected chi connectivity index (χ0v) is 11.5. The molecule has 0 aromatic heterocycles. The van der Waals surface area contributed by atoms with Crippen molar-refractivity contribution in [1.82, 2.24) is 0 Å². The molecule has 0 atom stereocenters. The Morgan fingerprint density at radius 1 is 1.05 bits per heavy atom. The molecule has 2 aromatic carbocycles. The maximum Gasteiger partial charge on any atom is 0.106 e. The molecule has 0 unspecified atom stereocenters. The van der Waals surface area contributed by atoms with Crippen molar-refractivity contribution in [3.05, 3.63) is 59.2 Å². The monoisotopic (exact) mass is 268 g/mol. The van der Waals surface area contributed by atoms with E-state index in [4.69, 9.17) is 18.0 Å². The van der Waals surface area contributed by atoms with Gasteiger partial charge in [-0.1, -0.05) is 30.4 Å². The molecule has 0 aliphatic heterocycles. The van der Waals surface area contributed by atoms with Crippen LogP contribution < -0.4 is 11.1 Å². The standard InChI is InChI=1S/C16H16N2S/c17-16(19)14-6-1-2-7-15(14)18-13-9-8-11-4-3-5-12(11)10-13/h1-2,6-10,18H,3-5H2,(H2,17,19). The van der Waals surface area contributed by atoms with Crippen LogP contribution >= 0.6 is 12.2 Å². The topological polar surface area (TPSA) is 38.0 Å². The first-order valence-corrected chi connectivity index (χ1v) is 6.92. The van der Waals surface area contributed by atoms with Crippen molar-refractivity contribution in [3.63, 3.8) is 0 Å². The van der Waals surface area contributed by atoms with Gasteiger partial charge < -0.3 is 11.1 Å². The highest BCUT2D eigenvalue weighted by atomic mass is 32.1. The summed E-state index contributed by atoms with van der Waals surface area (Å²) < 4.78 is 0. The van der Waals surface area contributed by atoms with E-state index in [1.54, 1.807) is 0 Å². The van der Waals surface area contributed by atoms with Gasteiger partial charge in [0.15, 0.2) is 0 Å². The second kappa shape index (κ2) is 5.02. The minimum atomic E-state index is 0.421. The van der Waals surface area contributed by atoms with Crippen molar-refractivity contribution < 1.29 is 0 Å². The molecule has 1 aliphatic rings. The molecule has 19 heavy (non-hydrogen) atoms. The van der Waals surface area contributed by atoms with Gasteiger partial charge in [-0.15, -0.1) is 0 Å². The SMILES string of the molecule is NC(=S)c1ccccc1Nc1ccc2c(c1)CCC2. The summed E-state index contributed by atoms with van der Waals surface area (Å²) in [6.07, 6.45) is 3.66. The molecule has 0 spiro atoms. The van der Waals surface area contributed by atoms with E-state index in [1.807, 2.05) is 24.3 Å². The molecule has 2 nitrogen and oxygen atoms in total. The predicted molar refractivity (Wildman–Crippen MR) is 84.1 cm³/mol. The molecular formula is C16H16N2S. The lowest BCUT2D eigenvalue weighted by Gasteiger charge is -2.12. The summed E-state index contributed by atoms with van der Waals surface area (Å²) in [6.45, 7) is 0. The molecule has 0 heterocycles. The van der Waals surface area contributed by atoms with Gasteiger partial charge in [-0.2, -0.15) is 0 Å². The maximum atomic E-state index is 5.75. The van der Waals surface area contributed by atoms with Crippen molar-refractivity contribution in [2.75, 3.05) is 5.32 Å². The molecule has 1 aliphatic carbocycles. The van der Waals surface area contributed by atoms with Crippen molar-refractivity contribution in [2.24, 2.45) is 5.73 Å². The number of anilines is 2. The number of benzene rings is 2. The number of aryl methyl sites for hydroxylation is 2. The third-order valence-corrected chi connectivity index (χ3v) is 3.79. The Kier molecular flexibility index (Phi) is 3.22. The Bertz CT molecular complexity index is 634. The lowest BCUT2D eigenvalue weighted by Crippen LogP contribution is -2.11. The summed E-state index contributed by atoms with van der Waals surface area (Å²) in [6, 6.07) is 14.5. The van der Waals surface area contributed by atoms with E-state index in [1.165, 1.54) is 30.4 Å². The molecule has 2 aromatic rings. The number of para-hydroxylation sites is 1. The highest BCUT2D eigenvalue weighted by Crippen LogP contribution is 2.27. The van der Waals surface area contributed by atoms with Crippen LogP contribution in [-0.4, -0.2) is 4.99 Å². The molecule has 0 saturated carbocycles. The smallest absolute Gasteiger partial charge is 0.106 e. The summed E-state index contributed by atoms with van der Waals surface area (Å²) >= 11 is 5.08. The fourth-order valence-corrected chi connectivity index (χ4v) is 2.79. The van der Waals surface area contributed by atoms with Crippen molar-refractivity contribution in [2.45, 2.75) is 19.3 Å². The third-order valence-electron chi connectivity index (χ3n) is 3.57. The molecule has 3 heteroatoms. The van der Waals surface area contributed by atoms with Gasteiger partial charge >= 0.3 is 0 Å². The van der Waals surface area contributed by atoms with Crippen LogP contribution in [0.2, 0.25) is 0 Å². The molecular weight excluding hydrogens is 252 g/mol. The molecule has 0 amide bonds. The Hall–Kier alpha value is -1.87. The minimum Gasteiger partial charge on any atom is -0.389 e. The Morgan fingerprint density at radius 3 is 2.68 bits per heavy atom. The third kappa shape index (κ3) is 2.47. The highest BCUT2D eigenvalue weighted by Gasteiger charge is 2.11. The van der Waals surface area contributed by atoms with Gasteiger partial charge in [-0.3, -0.25) is 0 Å². The minimum absolute atomic E-state index is 0.421. The zero-order valence-electron chi connectivity index (χ0n) is 10.6. The van der Waals surface area contributed by atoms with Gasteiger partial charge in [0.05, 0.1) is 0 Å². The van der Waals surface area contributed by atoms with Crippen molar-refractivity contribution >= 4 is 28.6 Å². The largest absolute Gasteiger partial charge is 0.389 e. The second-order valence-electron chi connectivity index (χ2n) is 4.87. The van der Waals surface area contributed by atoms with Gasteiger partial charge in [0, 0.05) is 16.9 Å². The van der Waals surface area contributed by atoms with Gasteiger partial charge in [0.1, 0.15) is 4.99 Å². The van der Waals surface area contributed by atoms with Crippen molar-refractivity contribution in [3.8, 4) is 0 Å². The van der Waals surface area contributed by atoms with Gasteiger partial charge in [0.2, 0.25) is 0 Å².